The maximum Gasteiger partial charge on any atom is 0.247 e. The molecular formula is C17H17N3O. The van der Waals surface area contributed by atoms with Crippen molar-refractivity contribution in [1.82, 2.24) is 10.2 Å². The van der Waals surface area contributed by atoms with Crippen LogP contribution in [0.25, 0.3) is 11.5 Å². The van der Waals surface area contributed by atoms with E-state index in [1.807, 2.05) is 36.4 Å². The molecule has 0 bridgehead atoms. The van der Waals surface area contributed by atoms with E-state index < -0.39 is 0 Å². The van der Waals surface area contributed by atoms with Gasteiger partial charge in [0.25, 0.3) is 0 Å². The molecule has 3 aromatic rings. The summed E-state index contributed by atoms with van der Waals surface area (Å²) in [5.41, 5.74) is 4.42. The summed E-state index contributed by atoms with van der Waals surface area (Å²) in [4.78, 5) is 0. The lowest BCUT2D eigenvalue weighted by Gasteiger charge is -2.03. The Hall–Kier alpha value is -2.62. The van der Waals surface area contributed by atoms with Gasteiger partial charge in [-0.25, -0.2) is 0 Å². The molecule has 0 saturated heterocycles. The molecule has 1 heterocycles. The van der Waals surface area contributed by atoms with E-state index in [2.05, 4.69) is 41.5 Å². The molecule has 2 aromatic carbocycles. The summed E-state index contributed by atoms with van der Waals surface area (Å²) in [6.45, 7) is 4.63. The highest BCUT2D eigenvalue weighted by Crippen LogP contribution is 2.18. The molecule has 21 heavy (non-hydrogen) atoms. The van der Waals surface area contributed by atoms with Gasteiger partial charge in [-0.3, -0.25) is 0 Å². The quantitative estimate of drug-likeness (QED) is 0.785. The van der Waals surface area contributed by atoms with Crippen molar-refractivity contribution in [2.45, 2.75) is 20.4 Å². The second kappa shape index (κ2) is 5.79. The number of aromatic nitrogens is 2. The first-order chi connectivity index (χ1) is 10.2. The summed E-state index contributed by atoms with van der Waals surface area (Å²) in [7, 11) is 0. The van der Waals surface area contributed by atoms with E-state index in [1.165, 1.54) is 11.1 Å². The molecule has 0 spiro atoms. The number of nitrogens with zero attached hydrogens (tertiary/aromatic N) is 2. The van der Waals surface area contributed by atoms with Gasteiger partial charge in [0.05, 0.1) is 6.54 Å². The maximum atomic E-state index is 5.67. The summed E-state index contributed by atoms with van der Waals surface area (Å²) in [6.07, 6.45) is 0. The van der Waals surface area contributed by atoms with Crippen molar-refractivity contribution >= 4 is 5.69 Å². The maximum absolute atomic E-state index is 5.67. The minimum atomic E-state index is 0.516. The molecule has 3 rings (SSSR count). The van der Waals surface area contributed by atoms with Crippen LogP contribution in [0, 0.1) is 13.8 Å². The second-order valence-electron chi connectivity index (χ2n) is 5.09. The van der Waals surface area contributed by atoms with Crippen LogP contribution >= 0.6 is 0 Å². The van der Waals surface area contributed by atoms with Crippen molar-refractivity contribution in [1.29, 1.82) is 0 Å². The van der Waals surface area contributed by atoms with Gasteiger partial charge in [0.1, 0.15) is 0 Å². The molecular weight excluding hydrogens is 262 g/mol. The van der Waals surface area contributed by atoms with E-state index >= 15 is 0 Å². The van der Waals surface area contributed by atoms with E-state index in [1.54, 1.807) is 0 Å². The monoisotopic (exact) mass is 279 g/mol. The Balaban J connectivity index is 1.67. The molecule has 1 N–H and O–H groups in total. The predicted octanol–water partition coefficient (Wildman–Crippen LogP) is 3.97. The summed E-state index contributed by atoms with van der Waals surface area (Å²) in [5, 5.41) is 11.4. The van der Waals surface area contributed by atoms with E-state index in [-0.39, 0.29) is 0 Å². The number of hydrogen-bond donors (Lipinski definition) is 1. The van der Waals surface area contributed by atoms with Gasteiger partial charge in [-0.2, -0.15) is 0 Å². The lowest BCUT2D eigenvalue weighted by molar-refractivity contribution is 0.515. The Morgan fingerprint density at radius 1 is 0.857 bits per heavy atom. The van der Waals surface area contributed by atoms with Crippen molar-refractivity contribution in [3.8, 4) is 11.5 Å². The second-order valence-corrected chi connectivity index (χ2v) is 5.09. The van der Waals surface area contributed by atoms with E-state index in [9.17, 15) is 0 Å². The van der Waals surface area contributed by atoms with Gasteiger partial charge in [0, 0.05) is 11.3 Å². The average Bonchev–Trinajstić information content (AvgIpc) is 2.96. The fourth-order valence-electron chi connectivity index (χ4n) is 1.99. The number of hydrogen-bond acceptors (Lipinski definition) is 4. The van der Waals surface area contributed by atoms with Gasteiger partial charge in [-0.1, -0.05) is 35.4 Å². The third kappa shape index (κ3) is 3.28. The number of aryl methyl sites for hydroxylation is 2. The molecule has 0 aliphatic heterocycles. The first-order valence-corrected chi connectivity index (χ1v) is 6.91. The summed E-state index contributed by atoms with van der Waals surface area (Å²) >= 11 is 0. The van der Waals surface area contributed by atoms with Gasteiger partial charge in [0.2, 0.25) is 11.8 Å². The van der Waals surface area contributed by atoms with E-state index in [0.717, 1.165) is 11.3 Å². The normalized spacial score (nSPS) is 10.6. The molecule has 0 amide bonds. The van der Waals surface area contributed by atoms with Crippen molar-refractivity contribution in [3.63, 3.8) is 0 Å². The smallest absolute Gasteiger partial charge is 0.247 e. The lowest BCUT2D eigenvalue weighted by atomic mass is 10.1. The third-order valence-electron chi connectivity index (χ3n) is 3.26. The van der Waals surface area contributed by atoms with Crippen molar-refractivity contribution in [2.75, 3.05) is 5.32 Å². The van der Waals surface area contributed by atoms with E-state index in [4.69, 9.17) is 4.42 Å². The molecule has 0 saturated carbocycles. The lowest BCUT2D eigenvalue weighted by Crippen LogP contribution is -1.99. The molecule has 106 valence electrons. The van der Waals surface area contributed by atoms with Gasteiger partial charge in [-0.05, 0) is 38.1 Å². The molecule has 1 aromatic heterocycles. The standard InChI is InChI=1S/C17H17N3O/c1-12-3-7-14(8-4-12)17-20-19-16(21-17)11-18-15-9-5-13(2)6-10-15/h3-10,18H,11H2,1-2H3. The van der Waals surface area contributed by atoms with Crippen LogP contribution in [0.2, 0.25) is 0 Å². The SMILES string of the molecule is Cc1ccc(NCc2nnc(-c3ccc(C)cc3)o2)cc1. The first kappa shape index (κ1) is 13.4. The van der Waals surface area contributed by atoms with Gasteiger partial charge >= 0.3 is 0 Å². The summed E-state index contributed by atoms with van der Waals surface area (Å²) in [5.74, 6) is 1.13. The highest BCUT2D eigenvalue weighted by molar-refractivity contribution is 5.53. The topological polar surface area (TPSA) is 51.0 Å². The zero-order valence-electron chi connectivity index (χ0n) is 12.1. The van der Waals surface area contributed by atoms with E-state index in [0.29, 0.717) is 18.3 Å². The fraction of sp³-hybridized carbons (Fsp3) is 0.176. The molecule has 0 fully saturated rings. The minimum absolute atomic E-state index is 0.516. The number of nitrogens with one attached hydrogen (secondary N) is 1. The molecule has 0 unspecified atom stereocenters. The Morgan fingerprint density at radius 3 is 2.14 bits per heavy atom. The zero-order valence-corrected chi connectivity index (χ0v) is 12.1. The van der Waals surface area contributed by atoms with Crippen molar-refractivity contribution < 1.29 is 4.42 Å². The molecule has 0 aliphatic rings. The van der Waals surface area contributed by atoms with Crippen LogP contribution < -0.4 is 5.32 Å². The third-order valence-corrected chi connectivity index (χ3v) is 3.26. The molecule has 4 heteroatoms. The Bertz CT molecular complexity index is 715. The van der Waals surface area contributed by atoms with Crippen LogP contribution in [0.1, 0.15) is 17.0 Å². The number of benzene rings is 2. The predicted molar refractivity (Wildman–Crippen MR) is 83.0 cm³/mol. The van der Waals surface area contributed by atoms with Crippen molar-refractivity contribution in [3.05, 3.63) is 65.5 Å². The van der Waals surface area contributed by atoms with Crippen LogP contribution in [0.4, 0.5) is 5.69 Å². The van der Waals surface area contributed by atoms with Crippen LogP contribution in [-0.4, -0.2) is 10.2 Å². The molecule has 0 aliphatic carbocycles. The zero-order chi connectivity index (χ0) is 14.7. The van der Waals surface area contributed by atoms with Gasteiger partial charge in [-0.15, -0.1) is 10.2 Å². The van der Waals surface area contributed by atoms with Crippen LogP contribution in [0.5, 0.6) is 0 Å². The Morgan fingerprint density at radius 2 is 1.48 bits per heavy atom. The van der Waals surface area contributed by atoms with Gasteiger partial charge < -0.3 is 9.73 Å². The largest absolute Gasteiger partial charge is 0.419 e. The van der Waals surface area contributed by atoms with Gasteiger partial charge in [0.15, 0.2) is 0 Å². The number of anilines is 1. The molecule has 0 radical (unpaired) electrons. The van der Waals surface area contributed by atoms with Crippen molar-refractivity contribution in [2.24, 2.45) is 0 Å². The minimum Gasteiger partial charge on any atom is -0.419 e. The summed E-state index contributed by atoms with van der Waals surface area (Å²) < 4.78 is 5.67. The fourth-order valence-corrected chi connectivity index (χ4v) is 1.99. The highest BCUT2D eigenvalue weighted by atomic mass is 16.4. The average molecular weight is 279 g/mol. The molecule has 0 atom stereocenters. The number of rotatable bonds is 4. The van der Waals surface area contributed by atoms with Crippen LogP contribution in [0.3, 0.4) is 0 Å². The summed E-state index contributed by atoms with van der Waals surface area (Å²) in [6, 6.07) is 16.2. The highest BCUT2D eigenvalue weighted by Gasteiger charge is 2.08. The molecule has 4 nitrogen and oxygen atoms in total. The van der Waals surface area contributed by atoms with Crippen LogP contribution in [-0.2, 0) is 6.54 Å². The Labute approximate surface area is 123 Å². The van der Waals surface area contributed by atoms with Crippen LogP contribution in [0.15, 0.2) is 52.9 Å². The Kier molecular flexibility index (Phi) is 3.69. The first-order valence-electron chi connectivity index (χ1n) is 6.91.